The van der Waals surface area contributed by atoms with Gasteiger partial charge >= 0.3 is 6.18 Å². The van der Waals surface area contributed by atoms with Gasteiger partial charge in [-0.2, -0.15) is 18.4 Å². The van der Waals surface area contributed by atoms with E-state index >= 15 is 0 Å². The summed E-state index contributed by atoms with van der Waals surface area (Å²) < 4.78 is 53.9. The fourth-order valence-corrected chi connectivity index (χ4v) is 3.85. The number of carbonyl (C=O) groups excluding carboxylic acids is 2. The van der Waals surface area contributed by atoms with Crippen LogP contribution < -0.4 is 25.4 Å². The largest absolute Gasteiger partial charge is 0.493 e. The van der Waals surface area contributed by atoms with Crippen LogP contribution in [0.3, 0.4) is 0 Å². The fraction of sp³-hybridized carbons (Fsp3) is 0.286. The highest BCUT2D eigenvalue weighted by molar-refractivity contribution is 6.13. The van der Waals surface area contributed by atoms with Gasteiger partial charge in [0.15, 0.2) is 18.1 Å². The number of rotatable bonds is 11. The maximum absolute atomic E-state index is 14.5. The van der Waals surface area contributed by atoms with E-state index in [1.54, 1.807) is 13.8 Å². The van der Waals surface area contributed by atoms with Gasteiger partial charge in [0.05, 0.1) is 42.2 Å². The van der Waals surface area contributed by atoms with Crippen molar-refractivity contribution in [3.8, 4) is 28.8 Å². The van der Waals surface area contributed by atoms with Crippen LogP contribution in [0.25, 0.3) is 11.3 Å². The molecule has 222 valence electrons. The van der Waals surface area contributed by atoms with E-state index < -0.39 is 48.0 Å². The van der Waals surface area contributed by atoms with Gasteiger partial charge in [-0.25, -0.2) is 9.82 Å². The van der Waals surface area contributed by atoms with Gasteiger partial charge in [-0.3, -0.25) is 9.59 Å². The number of ether oxygens (including phenoxy) is 2. The zero-order valence-electron chi connectivity index (χ0n) is 22.7. The summed E-state index contributed by atoms with van der Waals surface area (Å²) in [5.41, 5.74) is 0.488. The smallest absolute Gasteiger partial charge is 0.424 e. The van der Waals surface area contributed by atoms with Crippen LogP contribution in [0, 0.1) is 11.3 Å². The van der Waals surface area contributed by atoms with Crippen LogP contribution in [0.1, 0.15) is 41.0 Å². The number of halogens is 4. The molecule has 42 heavy (non-hydrogen) atoms. The molecule has 1 heterocycles. The molecule has 3 aromatic rings. The topological polar surface area (TPSA) is 160 Å². The zero-order valence-corrected chi connectivity index (χ0v) is 23.4. The number of carbonyl (C=O) groups is 2. The van der Waals surface area contributed by atoms with E-state index in [0.717, 1.165) is 6.07 Å². The third-order valence-electron chi connectivity index (χ3n) is 6.29. The van der Waals surface area contributed by atoms with E-state index in [1.807, 2.05) is 6.07 Å². The molecule has 10 nitrogen and oxygen atoms in total. The SMILES string of the molecule is COc1cc(C(=O)NCC(O)(c2cc(C(C)(C)NCl)cc(-c3ccc(C#N)cc3)n2)C(F)(F)F)ccc1OCC(N)=O. The lowest BCUT2D eigenvalue weighted by Crippen LogP contribution is -2.51. The number of nitrogens with two attached hydrogens (primary N) is 1. The highest BCUT2D eigenvalue weighted by Gasteiger charge is 2.56. The van der Waals surface area contributed by atoms with Crippen LogP contribution in [0.4, 0.5) is 13.2 Å². The Morgan fingerprint density at radius 1 is 1.10 bits per heavy atom. The average molecular weight is 606 g/mol. The first-order chi connectivity index (χ1) is 19.6. The predicted octanol–water partition coefficient (Wildman–Crippen LogP) is 3.65. The summed E-state index contributed by atoms with van der Waals surface area (Å²) >= 11 is 5.87. The van der Waals surface area contributed by atoms with Gasteiger partial charge in [0.25, 0.3) is 11.8 Å². The molecule has 2 amide bonds. The Labute approximate surface area is 244 Å². The second kappa shape index (κ2) is 12.6. The van der Waals surface area contributed by atoms with E-state index in [2.05, 4.69) is 15.1 Å². The highest BCUT2D eigenvalue weighted by atomic mass is 35.5. The molecule has 5 N–H and O–H groups in total. The van der Waals surface area contributed by atoms with E-state index in [4.69, 9.17) is 32.2 Å². The second-order valence-electron chi connectivity index (χ2n) is 9.70. The maximum Gasteiger partial charge on any atom is 0.424 e. The van der Waals surface area contributed by atoms with Crippen molar-refractivity contribution < 1.29 is 37.3 Å². The lowest BCUT2D eigenvalue weighted by molar-refractivity contribution is -0.265. The van der Waals surface area contributed by atoms with E-state index in [-0.39, 0.29) is 28.3 Å². The number of methoxy groups -OCH3 is 1. The number of nitrogens with zero attached hydrogens (tertiary/aromatic N) is 2. The molecule has 0 spiro atoms. The Morgan fingerprint density at radius 3 is 2.31 bits per heavy atom. The number of nitriles is 1. The van der Waals surface area contributed by atoms with Crippen LogP contribution in [0.2, 0.25) is 0 Å². The summed E-state index contributed by atoms with van der Waals surface area (Å²) in [6.45, 7) is 1.46. The van der Waals surface area contributed by atoms with Crippen molar-refractivity contribution in [2.24, 2.45) is 5.73 Å². The molecule has 3 rings (SSSR count). The highest BCUT2D eigenvalue weighted by Crippen LogP contribution is 2.40. The summed E-state index contributed by atoms with van der Waals surface area (Å²) in [5, 5.41) is 22.3. The van der Waals surface area contributed by atoms with Gasteiger partial charge in [0.2, 0.25) is 5.60 Å². The Hall–Kier alpha value is -4.38. The quantitative estimate of drug-likeness (QED) is 0.241. The van der Waals surface area contributed by atoms with Crippen LogP contribution in [-0.4, -0.2) is 48.3 Å². The van der Waals surface area contributed by atoms with Gasteiger partial charge in [-0.05, 0) is 73.7 Å². The molecule has 2 aromatic carbocycles. The number of hydrogen-bond acceptors (Lipinski definition) is 8. The number of pyridine rings is 1. The number of hydrogen-bond donors (Lipinski definition) is 4. The number of alkyl halides is 3. The van der Waals surface area contributed by atoms with Gasteiger partial charge < -0.3 is 25.6 Å². The first kappa shape index (κ1) is 32.1. The second-order valence-corrected chi connectivity index (χ2v) is 9.89. The van der Waals surface area contributed by atoms with Gasteiger partial charge in [0, 0.05) is 11.1 Å². The van der Waals surface area contributed by atoms with Crippen molar-refractivity contribution in [3.05, 3.63) is 77.0 Å². The summed E-state index contributed by atoms with van der Waals surface area (Å²) in [4.78, 5) is 30.5. The molecule has 0 aliphatic rings. The number of benzene rings is 2. The molecule has 0 saturated carbocycles. The van der Waals surface area contributed by atoms with Gasteiger partial charge in [0.1, 0.15) is 0 Å². The summed E-state index contributed by atoms with van der Waals surface area (Å²) in [5.74, 6) is -1.63. The average Bonchev–Trinajstić information content (AvgIpc) is 2.97. The molecular weight excluding hydrogens is 579 g/mol. The minimum absolute atomic E-state index is 0.0206. The molecule has 1 aromatic heterocycles. The number of aliphatic hydroxyl groups is 1. The minimum Gasteiger partial charge on any atom is -0.493 e. The van der Waals surface area contributed by atoms with Crippen molar-refractivity contribution in [3.63, 3.8) is 0 Å². The Balaban J connectivity index is 2.02. The van der Waals surface area contributed by atoms with Crippen molar-refractivity contribution in [1.29, 1.82) is 5.26 Å². The first-order valence-corrected chi connectivity index (χ1v) is 12.6. The van der Waals surface area contributed by atoms with Crippen molar-refractivity contribution in [2.45, 2.75) is 31.2 Å². The number of aromatic nitrogens is 1. The molecule has 1 atom stereocenters. The first-order valence-electron chi connectivity index (χ1n) is 12.2. The third-order valence-corrected chi connectivity index (χ3v) is 6.76. The number of amides is 2. The minimum atomic E-state index is -5.28. The molecule has 0 fully saturated rings. The molecule has 0 aliphatic heterocycles. The van der Waals surface area contributed by atoms with Crippen LogP contribution in [0.5, 0.6) is 11.5 Å². The number of nitrogens with one attached hydrogen (secondary N) is 2. The number of primary amides is 1. The van der Waals surface area contributed by atoms with Crippen LogP contribution >= 0.6 is 11.8 Å². The predicted molar refractivity (Wildman–Crippen MR) is 146 cm³/mol. The van der Waals surface area contributed by atoms with E-state index in [0.29, 0.717) is 11.1 Å². The maximum atomic E-state index is 14.5. The van der Waals surface area contributed by atoms with Crippen molar-refractivity contribution in [2.75, 3.05) is 20.3 Å². The van der Waals surface area contributed by atoms with E-state index in [1.165, 1.54) is 55.6 Å². The molecule has 0 bridgehead atoms. The fourth-order valence-electron chi connectivity index (χ4n) is 3.74. The molecular formula is C28H27ClF3N5O5. The van der Waals surface area contributed by atoms with Gasteiger partial charge in [-0.1, -0.05) is 12.1 Å². The van der Waals surface area contributed by atoms with Crippen LogP contribution in [-0.2, 0) is 15.9 Å². The normalized spacial score (nSPS) is 13.0. The summed E-state index contributed by atoms with van der Waals surface area (Å²) in [6.07, 6.45) is -5.28. The Kier molecular flexibility index (Phi) is 9.68. The Morgan fingerprint density at radius 2 is 1.76 bits per heavy atom. The molecule has 0 aliphatic carbocycles. The lowest BCUT2D eigenvalue weighted by atomic mass is 9.89. The zero-order chi connectivity index (χ0) is 31.3. The summed E-state index contributed by atoms with van der Waals surface area (Å²) in [7, 11) is 1.26. The van der Waals surface area contributed by atoms with Crippen LogP contribution in [0.15, 0.2) is 54.6 Å². The molecule has 1 unspecified atom stereocenters. The van der Waals surface area contributed by atoms with Crippen molar-refractivity contribution >= 4 is 23.6 Å². The van der Waals surface area contributed by atoms with E-state index in [9.17, 15) is 27.9 Å². The molecule has 14 heteroatoms. The monoisotopic (exact) mass is 605 g/mol. The lowest BCUT2D eigenvalue weighted by Gasteiger charge is -2.32. The summed E-state index contributed by atoms with van der Waals surface area (Å²) in [6, 6.07) is 14.2. The molecule has 0 saturated heterocycles. The Bertz CT molecular complexity index is 1510. The standard InChI is InChI=1S/C28H27ClF3N5O5/c1-26(2,37-29)19-11-20(17-6-4-16(13-33)5-7-17)36-23(12-19)27(40,28(30,31)32)15-35-25(39)18-8-9-21(22(10-18)41-3)42-14-24(34)38/h4-12,37,40H,14-15H2,1-3H3,(H2,34,38)(H,35,39). The van der Waals surface area contributed by atoms with Crippen molar-refractivity contribution in [1.82, 2.24) is 15.1 Å². The molecule has 0 radical (unpaired) electrons. The van der Waals surface area contributed by atoms with Gasteiger partial charge in [-0.15, -0.1) is 0 Å². The third kappa shape index (κ3) is 7.09.